The second kappa shape index (κ2) is 11.6. The number of hydrogen-bond acceptors (Lipinski definition) is 9. The van der Waals surface area contributed by atoms with Gasteiger partial charge in [0.1, 0.15) is 16.7 Å². The number of rotatable bonds is 9. The molecule has 2 aromatic carbocycles. The molecule has 39 heavy (non-hydrogen) atoms. The smallest absolute Gasteiger partial charge is 0.273 e. The van der Waals surface area contributed by atoms with E-state index >= 15 is 0 Å². The average Bonchev–Trinajstić information content (AvgIpc) is 3.26. The Kier molecular flexibility index (Phi) is 8.70. The summed E-state index contributed by atoms with van der Waals surface area (Å²) in [5.74, 6) is -0.888. The lowest BCUT2D eigenvalue weighted by atomic mass is 9.99. The Morgan fingerprint density at radius 2 is 1.59 bits per heavy atom. The van der Waals surface area contributed by atoms with Crippen LogP contribution in [-0.4, -0.2) is 49.0 Å². The van der Waals surface area contributed by atoms with Crippen molar-refractivity contribution in [2.45, 2.75) is 39.3 Å². The molecular weight excluding hydrogens is 522 g/mol. The molecule has 208 valence electrons. The van der Waals surface area contributed by atoms with Gasteiger partial charge in [0, 0.05) is 5.54 Å². The summed E-state index contributed by atoms with van der Waals surface area (Å²) in [5, 5.41) is 2.97. The van der Waals surface area contributed by atoms with Crippen molar-refractivity contribution >= 4 is 40.6 Å². The summed E-state index contributed by atoms with van der Waals surface area (Å²) in [6, 6.07) is 8.95. The Morgan fingerprint density at radius 1 is 0.974 bits per heavy atom. The number of primary amides is 1. The van der Waals surface area contributed by atoms with E-state index in [0.29, 0.717) is 28.5 Å². The highest BCUT2D eigenvalue weighted by atomic mass is 32.1. The molecule has 3 amide bonds. The molecule has 0 fully saturated rings. The molecule has 1 atom stereocenters. The van der Waals surface area contributed by atoms with E-state index in [1.165, 1.54) is 26.2 Å². The van der Waals surface area contributed by atoms with Gasteiger partial charge in [-0.2, -0.15) is 4.37 Å². The number of nitrogens with zero attached hydrogens (tertiary/aromatic N) is 2. The highest BCUT2D eigenvalue weighted by Crippen LogP contribution is 2.40. The highest BCUT2D eigenvalue weighted by Gasteiger charge is 2.39. The molecule has 0 bridgehead atoms. The van der Waals surface area contributed by atoms with Gasteiger partial charge in [0.2, 0.25) is 5.91 Å². The van der Waals surface area contributed by atoms with E-state index in [-0.39, 0.29) is 16.3 Å². The van der Waals surface area contributed by atoms with E-state index in [1.54, 1.807) is 30.3 Å². The van der Waals surface area contributed by atoms with Crippen LogP contribution in [0.15, 0.2) is 36.4 Å². The summed E-state index contributed by atoms with van der Waals surface area (Å²) in [6.07, 6.45) is 0. The van der Waals surface area contributed by atoms with Crippen molar-refractivity contribution in [1.29, 1.82) is 0 Å². The molecule has 1 unspecified atom stereocenters. The monoisotopic (exact) mass is 555 g/mol. The first-order valence-corrected chi connectivity index (χ1v) is 12.7. The summed E-state index contributed by atoms with van der Waals surface area (Å²) in [4.78, 5) is 41.4. The van der Waals surface area contributed by atoms with Crippen LogP contribution >= 0.6 is 11.5 Å². The van der Waals surface area contributed by atoms with Crippen LogP contribution in [0.1, 0.15) is 58.1 Å². The number of aryl methyl sites for hydroxylation is 1. The van der Waals surface area contributed by atoms with Crippen LogP contribution in [0.4, 0.5) is 11.4 Å². The number of nitrogens with two attached hydrogens (primary N) is 2. The maximum atomic E-state index is 14.3. The van der Waals surface area contributed by atoms with Crippen molar-refractivity contribution < 1.29 is 28.6 Å². The number of carbonyl (C=O) groups is 3. The molecule has 0 radical (unpaired) electrons. The molecule has 1 heterocycles. The molecule has 3 aromatic rings. The van der Waals surface area contributed by atoms with Gasteiger partial charge in [0.15, 0.2) is 17.2 Å². The standard InChI is InChI=1S/C27H33N5O6S/c1-14-8-10-17(36-5)16(12-14)32(26(35)23-20(28)21(24(29)33)31-39-23)22(25(34)30-27(2,3)4)15-9-11-18(37-6)19(13-15)38-7/h8-13,22H,28H2,1-7H3,(H2,29,33)(H,30,34). The van der Waals surface area contributed by atoms with Crippen LogP contribution < -0.4 is 35.9 Å². The summed E-state index contributed by atoms with van der Waals surface area (Å²) in [6.45, 7) is 7.33. The predicted octanol–water partition coefficient (Wildman–Crippen LogP) is 3.46. The first-order valence-electron chi connectivity index (χ1n) is 11.9. The number of benzene rings is 2. The van der Waals surface area contributed by atoms with Crippen molar-refractivity contribution in [2.24, 2.45) is 5.73 Å². The fourth-order valence-electron chi connectivity index (χ4n) is 3.97. The quantitative estimate of drug-likeness (QED) is 0.362. The van der Waals surface area contributed by atoms with Gasteiger partial charge in [-0.15, -0.1) is 0 Å². The Labute approximate surface area is 231 Å². The van der Waals surface area contributed by atoms with E-state index in [1.807, 2.05) is 33.8 Å². The van der Waals surface area contributed by atoms with Gasteiger partial charge in [-0.05, 0) is 74.6 Å². The number of amides is 3. The zero-order valence-corrected chi connectivity index (χ0v) is 23.8. The third-order valence-electron chi connectivity index (χ3n) is 5.70. The minimum absolute atomic E-state index is 0.0543. The van der Waals surface area contributed by atoms with Crippen LogP contribution in [0.25, 0.3) is 0 Å². The molecule has 3 rings (SSSR count). The van der Waals surface area contributed by atoms with Crippen molar-refractivity contribution in [3.05, 3.63) is 58.1 Å². The zero-order chi connectivity index (χ0) is 29.1. The minimum atomic E-state index is -1.23. The van der Waals surface area contributed by atoms with Crippen LogP contribution in [-0.2, 0) is 4.79 Å². The summed E-state index contributed by atoms with van der Waals surface area (Å²) < 4.78 is 20.4. The number of aromatic nitrogens is 1. The van der Waals surface area contributed by atoms with Gasteiger partial charge in [0.05, 0.1) is 32.7 Å². The predicted molar refractivity (Wildman–Crippen MR) is 150 cm³/mol. The maximum Gasteiger partial charge on any atom is 0.273 e. The number of carbonyl (C=O) groups excluding carboxylic acids is 3. The molecule has 0 aliphatic heterocycles. The Hall–Kier alpha value is -4.32. The lowest BCUT2D eigenvalue weighted by Gasteiger charge is -2.34. The van der Waals surface area contributed by atoms with Crippen LogP contribution in [0.3, 0.4) is 0 Å². The minimum Gasteiger partial charge on any atom is -0.495 e. The molecule has 0 spiro atoms. The molecule has 0 aliphatic rings. The Balaban J connectivity index is 2.37. The van der Waals surface area contributed by atoms with E-state index < -0.39 is 29.3 Å². The Bertz CT molecular complexity index is 1400. The first-order chi connectivity index (χ1) is 18.3. The number of methoxy groups -OCH3 is 3. The molecule has 0 saturated carbocycles. The van der Waals surface area contributed by atoms with E-state index in [2.05, 4.69) is 9.69 Å². The molecule has 12 heteroatoms. The van der Waals surface area contributed by atoms with Gasteiger partial charge in [0.25, 0.3) is 11.8 Å². The van der Waals surface area contributed by atoms with Gasteiger partial charge in [-0.1, -0.05) is 12.1 Å². The first kappa shape index (κ1) is 29.2. The van der Waals surface area contributed by atoms with Crippen molar-refractivity contribution in [3.8, 4) is 17.2 Å². The molecule has 11 nitrogen and oxygen atoms in total. The SMILES string of the molecule is COc1ccc(C(C(=O)NC(C)(C)C)N(C(=O)c2snc(C(N)=O)c2N)c2cc(C)ccc2OC)cc1OC. The molecule has 5 N–H and O–H groups in total. The third-order valence-corrected chi connectivity index (χ3v) is 6.55. The second-order valence-electron chi connectivity index (χ2n) is 9.74. The van der Waals surface area contributed by atoms with Crippen molar-refractivity contribution in [3.63, 3.8) is 0 Å². The van der Waals surface area contributed by atoms with Crippen LogP contribution in [0.5, 0.6) is 17.2 Å². The summed E-state index contributed by atoms with van der Waals surface area (Å²) in [7, 11) is 4.43. The van der Waals surface area contributed by atoms with Crippen LogP contribution in [0.2, 0.25) is 0 Å². The molecule has 0 saturated heterocycles. The normalized spacial score (nSPS) is 11.9. The number of anilines is 2. The van der Waals surface area contributed by atoms with Gasteiger partial charge in [-0.25, -0.2) is 0 Å². The van der Waals surface area contributed by atoms with Gasteiger partial charge < -0.3 is 31.0 Å². The molecule has 0 aliphatic carbocycles. The number of nitrogens with one attached hydrogen (secondary N) is 1. The topological polar surface area (TPSA) is 159 Å². The second-order valence-corrected chi connectivity index (χ2v) is 10.5. The fraction of sp³-hybridized carbons (Fsp3) is 0.333. The molecular formula is C27H33N5O6S. The summed E-state index contributed by atoms with van der Waals surface area (Å²) >= 11 is 0.720. The van der Waals surface area contributed by atoms with Crippen molar-refractivity contribution in [2.75, 3.05) is 32.0 Å². The lowest BCUT2D eigenvalue weighted by Crippen LogP contribution is -2.49. The summed E-state index contributed by atoms with van der Waals surface area (Å²) in [5.41, 5.74) is 12.1. The van der Waals surface area contributed by atoms with Gasteiger partial charge in [-0.3, -0.25) is 19.3 Å². The average molecular weight is 556 g/mol. The largest absolute Gasteiger partial charge is 0.495 e. The Morgan fingerprint density at radius 3 is 2.13 bits per heavy atom. The number of hydrogen-bond donors (Lipinski definition) is 3. The fourth-order valence-corrected chi connectivity index (χ4v) is 4.71. The lowest BCUT2D eigenvalue weighted by molar-refractivity contribution is -0.123. The van der Waals surface area contributed by atoms with E-state index in [4.69, 9.17) is 25.7 Å². The molecule has 1 aromatic heterocycles. The van der Waals surface area contributed by atoms with E-state index in [0.717, 1.165) is 17.1 Å². The van der Waals surface area contributed by atoms with Gasteiger partial charge >= 0.3 is 0 Å². The maximum absolute atomic E-state index is 14.3. The number of nitrogen functional groups attached to an aromatic ring is 1. The van der Waals surface area contributed by atoms with Crippen LogP contribution in [0, 0.1) is 6.92 Å². The van der Waals surface area contributed by atoms with Crippen molar-refractivity contribution in [1.82, 2.24) is 9.69 Å². The van der Waals surface area contributed by atoms with E-state index in [9.17, 15) is 14.4 Å². The number of ether oxygens (including phenoxy) is 3. The highest BCUT2D eigenvalue weighted by molar-refractivity contribution is 7.09. The third kappa shape index (κ3) is 6.23. The zero-order valence-electron chi connectivity index (χ0n) is 22.9.